The average Bonchev–Trinajstić information content (AvgIpc) is 2.99. The van der Waals surface area contributed by atoms with Crippen LogP contribution in [0.3, 0.4) is 0 Å². The van der Waals surface area contributed by atoms with Crippen molar-refractivity contribution < 1.29 is 9.90 Å². The van der Waals surface area contributed by atoms with Crippen molar-refractivity contribution in [2.24, 2.45) is 39.5 Å². The van der Waals surface area contributed by atoms with Crippen LogP contribution in [0.25, 0.3) is 0 Å². The van der Waals surface area contributed by atoms with Crippen molar-refractivity contribution in [3.63, 3.8) is 0 Å². The molecule has 1 N–H and O–H groups in total. The molecule has 0 saturated heterocycles. The number of allylic oxidation sites excluding steroid dienone is 1. The van der Waals surface area contributed by atoms with Crippen molar-refractivity contribution in [2.75, 3.05) is 0 Å². The van der Waals surface area contributed by atoms with Gasteiger partial charge in [0.05, 0.1) is 6.04 Å². The molecule has 0 spiro atoms. The lowest BCUT2D eigenvalue weighted by molar-refractivity contribution is -0.139. The Kier molecular flexibility index (Phi) is 4.12. The van der Waals surface area contributed by atoms with E-state index in [1.807, 2.05) is 0 Å². The SMILES string of the molecule is CC(C)[C@H]1CC[C@@]2(C)[C@@H]3C=N[C@@H]1[C@]2(CCC(=O)O)C1=CCC[C@@H]1CC3. The Morgan fingerprint density at radius 3 is 2.84 bits per heavy atom. The minimum absolute atomic E-state index is 0.0182. The highest BCUT2D eigenvalue weighted by atomic mass is 16.4. The first-order chi connectivity index (χ1) is 11.9. The molecule has 0 radical (unpaired) electrons. The maximum Gasteiger partial charge on any atom is 0.303 e. The average molecular weight is 344 g/mol. The van der Waals surface area contributed by atoms with Crippen molar-refractivity contribution in [2.45, 2.75) is 78.2 Å². The summed E-state index contributed by atoms with van der Waals surface area (Å²) < 4.78 is 0. The molecular weight excluding hydrogens is 310 g/mol. The molecule has 4 rings (SSSR count). The summed E-state index contributed by atoms with van der Waals surface area (Å²) >= 11 is 0. The monoisotopic (exact) mass is 343 g/mol. The summed E-state index contributed by atoms with van der Waals surface area (Å²) in [6.07, 6.45) is 13.3. The standard InChI is InChI=1S/C22H33NO2/c1-14(2)17-9-11-21(3)16-8-7-15-5-4-6-18(15)22(21,12-10-19(24)25)20(17)23-13-16/h6,13-17,20H,4-5,7-12H2,1-3H3,(H,24,25)/t15-,16+,17-,20+,21+,22+/m1/s1. The third kappa shape index (κ3) is 2.30. The number of fused-ring (bicyclic) bond motifs is 1. The smallest absolute Gasteiger partial charge is 0.303 e. The van der Waals surface area contributed by atoms with Crippen LogP contribution in [0.1, 0.15) is 72.1 Å². The zero-order valence-corrected chi connectivity index (χ0v) is 16.0. The van der Waals surface area contributed by atoms with Gasteiger partial charge in [-0.2, -0.15) is 0 Å². The molecule has 0 aromatic carbocycles. The summed E-state index contributed by atoms with van der Waals surface area (Å²) in [5.74, 6) is 1.74. The molecule has 2 saturated carbocycles. The topological polar surface area (TPSA) is 49.7 Å². The minimum atomic E-state index is -0.650. The Hall–Kier alpha value is -1.12. The second-order valence-corrected chi connectivity index (χ2v) is 9.59. The number of carboxylic acid groups (broad SMARTS) is 1. The lowest BCUT2D eigenvalue weighted by Crippen LogP contribution is -2.61. The lowest BCUT2D eigenvalue weighted by atomic mass is 9.43. The predicted octanol–water partition coefficient (Wildman–Crippen LogP) is 5.11. The third-order valence-corrected chi connectivity index (χ3v) is 8.42. The minimum Gasteiger partial charge on any atom is -0.481 e. The second-order valence-electron chi connectivity index (χ2n) is 9.59. The predicted molar refractivity (Wildman–Crippen MR) is 101 cm³/mol. The van der Waals surface area contributed by atoms with Crippen LogP contribution in [0.15, 0.2) is 16.6 Å². The fourth-order valence-corrected chi connectivity index (χ4v) is 7.13. The summed E-state index contributed by atoms with van der Waals surface area (Å²) in [6, 6.07) is 0.284. The molecule has 3 aliphatic carbocycles. The van der Waals surface area contributed by atoms with Crippen LogP contribution in [0.5, 0.6) is 0 Å². The van der Waals surface area contributed by atoms with E-state index in [2.05, 4.69) is 33.1 Å². The van der Waals surface area contributed by atoms with Crippen LogP contribution >= 0.6 is 0 Å². The van der Waals surface area contributed by atoms with E-state index in [0.29, 0.717) is 23.7 Å². The summed E-state index contributed by atoms with van der Waals surface area (Å²) in [5, 5.41) is 9.51. The van der Waals surface area contributed by atoms with Gasteiger partial charge in [-0.3, -0.25) is 9.79 Å². The molecule has 138 valence electrons. The Morgan fingerprint density at radius 1 is 1.32 bits per heavy atom. The van der Waals surface area contributed by atoms with E-state index in [9.17, 15) is 9.90 Å². The van der Waals surface area contributed by atoms with Crippen molar-refractivity contribution >= 4 is 12.2 Å². The molecule has 4 aliphatic rings. The summed E-state index contributed by atoms with van der Waals surface area (Å²) in [5.41, 5.74) is 1.78. The Labute approximate surface area is 152 Å². The van der Waals surface area contributed by atoms with E-state index < -0.39 is 5.97 Å². The van der Waals surface area contributed by atoms with Crippen LogP contribution in [0.2, 0.25) is 0 Å². The first-order valence-corrected chi connectivity index (χ1v) is 10.4. The highest BCUT2D eigenvalue weighted by molar-refractivity contribution is 5.68. The van der Waals surface area contributed by atoms with E-state index >= 15 is 0 Å². The number of aliphatic imine (C=N–C) groups is 1. The molecule has 3 nitrogen and oxygen atoms in total. The zero-order chi connectivity index (χ0) is 17.8. The number of rotatable bonds is 4. The van der Waals surface area contributed by atoms with Crippen LogP contribution < -0.4 is 0 Å². The van der Waals surface area contributed by atoms with Crippen molar-refractivity contribution in [1.29, 1.82) is 0 Å². The molecule has 0 unspecified atom stereocenters. The maximum atomic E-state index is 11.6. The van der Waals surface area contributed by atoms with Gasteiger partial charge in [0.15, 0.2) is 0 Å². The van der Waals surface area contributed by atoms with E-state index in [1.54, 1.807) is 5.57 Å². The summed E-state index contributed by atoms with van der Waals surface area (Å²) in [7, 11) is 0. The molecule has 0 amide bonds. The normalized spacial score (nSPS) is 45.0. The van der Waals surface area contributed by atoms with Gasteiger partial charge in [0.1, 0.15) is 0 Å². The van der Waals surface area contributed by atoms with Gasteiger partial charge in [-0.15, -0.1) is 0 Å². The molecule has 1 heterocycles. The number of aliphatic carboxylic acids is 1. The first-order valence-electron chi connectivity index (χ1n) is 10.4. The highest BCUT2D eigenvalue weighted by Crippen LogP contribution is 2.69. The van der Waals surface area contributed by atoms with Gasteiger partial charge in [0.25, 0.3) is 0 Å². The van der Waals surface area contributed by atoms with Crippen LogP contribution in [0.4, 0.5) is 0 Å². The summed E-state index contributed by atoms with van der Waals surface area (Å²) in [4.78, 5) is 16.8. The highest BCUT2D eigenvalue weighted by Gasteiger charge is 2.65. The van der Waals surface area contributed by atoms with Crippen LogP contribution in [-0.4, -0.2) is 23.3 Å². The van der Waals surface area contributed by atoms with Gasteiger partial charge < -0.3 is 5.11 Å². The first kappa shape index (κ1) is 17.3. The molecule has 25 heavy (non-hydrogen) atoms. The van der Waals surface area contributed by atoms with Crippen molar-refractivity contribution in [1.82, 2.24) is 0 Å². The fourth-order valence-electron chi connectivity index (χ4n) is 7.13. The third-order valence-electron chi connectivity index (χ3n) is 8.42. The van der Waals surface area contributed by atoms with E-state index in [-0.39, 0.29) is 23.3 Å². The largest absolute Gasteiger partial charge is 0.481 e. The van der Waals surface area contributed by atoms with Gasteiger partial charge in [0, 0.05) is 24.0 Å². The fraction of sp³-hybridized carbons (Fsp3) is 0.818. The summed E-state index contributed by atoms with van der Waals surface area (Å²) in [6.45, 7) is 7.14. The molecule has 4 bridgehead atoms. The van der Waals surface area contributed by atoms with Gasteiger partial charge >= 0.3 is 5.97 Å². The Bertz CT molecular complexity index is 622. The maximum absolute atomic E-state index is 11.6. The lowest BCUT2D eigenvalue weighted by Gasteiger charge is -2.63. The Balaban J connectivity index is 1.90. The molecular formula is C22H33NO2. The number of carbonyl (C=O) groups is 1. The number of nitrogens with zero attached hydrogens (tertiary/aromatic N) is 1. The quantitative estimate of drug-likeness (QED) is 0.721. The Morgan fingerprint density at radius 2 is 2.12 bits per heavy atom. The van der Waals surface area contributed by atoms with Crippen LogP contribution in [-0.2, 0) is 4.79 Å². The molecule has 3 heteroatoms. The van der Waals surface area contributed by atoms with Crippen LogP contribution in [0, 0.1) is 34.5 Å². The van der Waals surface area contributed by atoms with E-state index in [0.717, 1.165) is 6.42 Å². The number of hydrogen-bond acceptors (Lipinski definition) is 2. The number of hydrogen-bond donors (Lipinski definition) is 1. The molecule has 0 aromatic heterocycles. The molecule has 0 aromatic rings. The van der Waals surface area contributed by atoms with E-state index in [1.165, 1.54) is 38.5 Å². The van der Waals surface area contributed by atoms with Gasteiger partial charge in [-0.1, -0.05) is 32.4 Å². The van der Waals surface area contributed by atoms with Crippen molar-refractivity contribution in [3.8, 4) is 0 Å². The van der Waals surface area contributed by atoms with Gasteiger partial charge in [-0.05, 0) is 68.1 Å². The van der Waals surface area contributed by atoms with Crippen molar-refractivity contribution in [3.05, 3.63) is 11.6 Å². The molecule has 2 fully saturated rings. The number of carboxylic acids is 1. The second kappa shape index (κ2) is 5.96. The zero-order valence-electron chi connectivity index (χ0n) is 16.0. The molecule has 1 aliphatic heterocycles. The van der Waals surface area contributed by atoms with E-state index in [4.69, 9.17) is 4.99 Å². The van der Waals surface area contributed by atoms with Gasteiger partial charge in [0.2, 0.25) is 0 Å². The molecule has 6 atom stereocenters. The van der Waals surface area contributed by atoms with Gasteiger partial charge in [-0.25, -0.2) is 0 Å².